The van der Waals surface area contributed by atoms with Crippen molar-refractivity contribution in [3.63, 3.8) is 0 Å². The topological polar surface area (TPSA) is 0 Å². The molecule has 0 nitrogen and oxygen atoms in total. The molecular weight excluding hydrogens is 120 g/mol. The average molecular weight is 141 g/mol. The summed E-state index contributed by atoms with van der Waals surface area (Å²) in [5.41, 5.74) is 0. The Morgan fingerprint density at radius 1 is 1.20 bits per heavy atom. The second-order valence-electron chi connectivity index (χ2n) is 3.07. The fourth-order valence-corrected chi connectivity index (χ4v) is 1.38. The molecule has 0 aliphatic heterocycles. The Morgan fingerprint density at radius 3 is 2.10 bits per heavy atom. The third-order valence-corrected chi connectivity index (χ3v) is 2.33. The van der Waals surface area contributed by atoms with Crippen molar-refractivity contribution >= 4 is 0 Å². The lowest BCUT2D eigenvalue weighted by Crippen LogP contribution is -2.06. The first-order valence-electron chi connectivity index (χ1n) is 4.60. The van der Waals surface area contributed by atoms with Gasteiger partial charge in [-0.2, -0.15) is 0 Å². The summed E-state index contributed by atoms with van der Waals surface area (Å²) < 4.78 is 0. The Balaban J connectivity index is 3.56. The van der Waals surface area contributed by atoms with Gasteiger partial charge < -0.3 is 0 Å². The number of rotatable bonds is 5. The summed E-state index contributed by atoms with van der Waals surface area (Å²) in [5.74, 6) is 2.61. The first-order chi connectivity index (χ1) is 4.76. The van der Waals surface area contributed by atoms with E-state index in [4.69, 9.17) is 0 Å². The van der Waals surface area contributed by atoms with E-state index in [1.54, 1.807) is 5.92 Å². The highest BCUT2D eigenvalue weighted by Gasteiger charge is 2.12. The summed E-state index contributed by atoms with van der Waals surface area (Å²) in [5, 5.41) is 0. The van der Waals surface area contributed by atoms with E-state index >= 15 is 0 Å². The molecular formula is C10H21. The van der Waals surface area contributed by atoms with Gasteiger partial charge in [0.15, 0.2) is 0 Å². The smallest absolute Gasteiger partial charge is 0.0216 e. The second-order valence-corrected chi connectivity index (χ2v) is 3.07. The number of hydrogen-bond donors (Lipinski definition) is 0. The Kier molecular flexibility index (Phi) is 5.76. The SMILES string of the molecule is CCC[C](CC)C(C)CC. The largest absolute Gasteiger partial charge is 0.0654 e. The molecule has 0 aromatic heterocycles. The van der Waals surface area contributed by atoms with Gasteiger partial charge in [-0.25, -0.2) is 0 Å². The predicted molar refractivity (Wildman–Crippen MR) is 47.9 cm³/mol. The fourth-order valence-electron chi connectivity index (χ4n) is 1.38. The van der Waals surface area contributed by atoms with Crippen LogP contribution in [0.15, 0.2) is 0 Å². The molecule has 1 unspecified atom stereocenters. The number of hydrogen-bond acceptors (Lipinski definition) is 0. The normalized spacial score (nSPS) is 14.1. The van der Waals surface area contributed by atoms with Gasteiger partial charge in [-0.05, 0) is 24.7 Å². The summed E-state index contributed by atoms with van der Waals surface area (Å²) in [4.78, 5) is 0. The quantitative estimate of drug-likeness (QED) is 0.546. The van der Waals surface area contributed by atoms with Crippen LogP contribution in [-0.2, 0) is 0 Å². The highest BCUT2D eigenvalue weighted by atomic mass is 14.2. The van der Waals surface area contributed by atoms with Crippen LogP contribution >= 0.6 is 0 Å². The summed E-state index contributed by atoms with van der Waals surface area (Å²) in [7, 11) is 0. The van der Waals surface area contributed by atoms with E-state index in [9.17, 15) is 0 Å². The van der Waals surface area contributed by atoms with Crippen LogP contribution < -0.4 is 0 Å². The van der Waals surface area contributed by atoms with Crippen molar-refractivity contribution in [3.8, 4) is 0 Å². The molecule has 0 aromatic rings. The fraction of sp³-hybridized carbons (Fsp3) is 0.900. The predicted octanol–water partition coefficient (Wildman–Crippen LogP) is 3.82. The highest BCUT2D eigenvalue weighted by molar-refractivity contribution is 4.91. The molecule has 0 saturated carbocycles. The Morgan fingerprint density at radius 2 is 1.80 bits per heavy atom. The maximum atomic E-state index is 2.34. The van der Waals surface area contributed by atoms with Crippen molar-refractivity contribution < 1.29 is 0 Å². The molecule has 1 radical (unpaired) electrons. The molecule has 0 N–H and O–H groups in total. The summed E-state index contributed by atoms with van der Waals surface area (Å²) in [6, 6.07) is 0. The van der Waals surface area contributed by atoms with E-state index in [2.05, 4.69) is 27.7 Å². The monoisotopic (exact) mass is 141 g/mol. The molecule has 1 atom stereocenters. The maximum absolute atomic E-state index is 2.34. The molecule has 0 spiro atoms. The van der Waals surface area contributed by atoms with E-state index < -0.39 is 0 Å². The zero-order chi connectivity index (χ0) is 7.98. The van der Waals surface area contributed by atoms with Gasteiger partial charge in [0, 0.05) is 0 Å². The summed E-state index contributed by atoms with van der Waals surface area (Å²) >= 11 is 0. The van der Waals surface area contributed by atoms with Gasteiger partial charge in [-0.3, -0.25) is 0 Å². The van der Waals surface area contributed by atoms with Gasteiger partial charge in [0.05, 0.1) is 0 Å². The van der Waals surface area contributed by atoms with Crippen LogP contribution in [0.5, 0.6) is 0 Å². The minimum absolute atomic E-state index is 0.852. The standard InChI is InChI=1S/C10H21/c1-5-8-10(7-3)9(4)6-2/h9H,5-8H2,1-4H3. The first kappa shape index (κ1) is 10.0. The molecule has 0 saturated heterocycles. The minimum Gasteiger partial charge on any atom is -0.0654 e. The van der Waals surface area contributed by atoms with Crippen LogP contribution in [0.4, 0.5) is 0 Å². The van der Waals surface area contributed by atoms with Gasteiger partial charge in [-0.1, -0.05) is 40.5 Å². The van der Waals surface area contributed by atoms with Crippen molar-refractivity contribution in [1.29, 1.82) is 0 Å². The maximum Gasteiger partial charge on any atom is -0.0216 e. The van der Waals surface area contributed by atoms with Gasteiger partial charge in [-0.15, -0.1) is 0 Å². The van der Waals surface area contributed by atoms with Gasteiger partial charge in [0.25, 0.3) is 0 Å². The third kappa shape index (κ3) is 3.24. The van der Waals surface area contributed by atoms with Crippen molar-refractivity contribution in [2.45, 2.75) is 53.4 Å². The van der Waals surface area contributed by atoms with E-state index in [1.807, 2.05) is 0 Å². The Hall–Kier alpha value is 0. The molecule has 0 aliphatic carbocycles. The van der Waals surface area contributed by atoms with Crippen LogP contribution in [0, 0.1) is 11.8 Å². The lowest BCUT2D eigenvalue weighted by molar-refractivity contribution is 0.507. The van der Waals surface area contributed by atoms with Gasteiger partial charge in [0.1, 0.15) is 0 Å². The van der Waals surface area contributed by atoms with Gasteiger partial charge in [0.2, 0.25) is 0 Å². The molecule has 0 rings (SSSR count). The van der Waals surface area contributed by atoms with Crippen molar-refractivity contribution in [2.24, 2.45) is 5.92 Å². The van der Waals surface area contributed by atoms with Crippen LogP contribution in [0.3, 0.4) is 0 Å². The molecule has 0 aromatic carbocycles. The van der Waals surface area contributed by atoms with E-state index in [0.29, 0.717) is 0 Å². The van der Waals surface area contributed by atoms with E-state index in [1.165, 1.54) is 25.7 Å². The molecule has 10 heavy (non-hydrogen) atoms. The van der Waals surface area contributed by atoms with Gasteiger partial charge >= 0.3 is 0 Å². The summed E-state index contributed by atoms with van der Waals surface area (Å²) in [6.45, 7) is 9.15. The van der Waals surface area contributed by atoms with E-state index in [-0.39, 0.29) is 0 Å². The Labute approximate surface area is 66.0 Å². The highest BCUT2D eigenvalue weighted by Crippen LogP contribution is 2.25. The van der Waals surface area contributed by atoms with Crippen LogP contribution in [0.25, 0.3) is 0 Å². The van der Waals surface area contributed by atoms with Crippen molar-refractivity contribution in [1.82, 2.24) is 0 Å². The van der Waals surface area contributed by atoms with Crippen molar-refractivity contribution in [2.75, 3.05) is 0 Å². The molecule has 0 aliphatic rings. The first-order valence-corrected chi connectivity index (χ1v) is 4.60. The molecule has 61 valence electrons. The van der Waals surface area contributed by atoms with Crippen LogP contribution in [0.1, 0.15) is 53.4 Å². The zero-order valence-corrected chi connectivity index (χ0v) is 7.91. The lowest BCUT2D eigenvalue weighted by Gasteiger charge is -2.19. The second kappa shape index (κ2) is 5.76. The molecule has 0 fully saturated rings. The third-order valence-electron chi connectivity index (χ3n) is 2.33. The molecule has 0 amide bonds. The van der Waals surface area contributed by atoms with Crippen LogP contribution in [-0.4, -0.2) is 0 Å². The minimum atomic E-state index is 0.852. The molecule has 0 bridgehead atoms. The molecule has 0 heteroatoms. The lowest BCUT2D eigenvalue weighted by atomic mass is 9.86. The average Bonchev–Trinajstić information content (AvgIpc) is 1.99. The molecule has 0 heterocycles. The van der Waals surface area contributed by atoms with E-state index in [0.717, 1.165) is 5.92 Å². The Bertz CT molecular complexity index is 66.4. The van der Waals surface area contributed by atoms with Crippen LogP contribution in [0.2, 0.25) is 0 Å². The van der Waals surface area contributed by atoms with Crippen molar-refractivity contribution in [3.05, 3.63) is 5.92 Å². The summed E-state index contributed by atoms with van der Waals surface area (Å²) in [6.07, 6.45) is 5.24. The zero-order valence-electron chi connectivity index (χ0n) is 7.91.